The second-order valence-corrected chi connectivity index (χ2v) is 2.99. The number of likely N-dealkylation sites (tertiary alicyclic amines) is 1. The van der Waals surface area contributed by atoms with Crippen molar-refractivity contribution in [1.29, 1.82) is 5.26 Å². The van der Waals surface area contributed by atoms with Crippen molar-refractivity contribution in [3.8, 4) is 6.07 Å². The first kappa shape index (κ1) is 9.52. The van der Waals surface area contributed by atoms with Gasteiger partial charge in [0.15, 0.2) is 0 Å². The summed E-state index contributed by atoms with van der Waals surface area (Å²) in [4.78, 5) is 23.1. The van der Waals surface area contributed by atoms with Gasteiger partial charge in [-0.05, 0) is 0 Å². The van der Waals surface area contributed by atoms with Crippen molar-refractivity contribution in [1.82, 2.24) is 4.90 Å². The van der Waals surface area contributed by atoms with Crippen LogP contribution in [0.1, 0.15) is 12.8 Å². The van der Waals surface area contributed by atoms with Crippen LogP contribution in [-0.2, 0) is 9.59 Å². The van der Waals surface area contributed by atoms with Gasteiger partial charge in [-0.1, -0.05) is 0 Å². The zero-order chi connectivity index (χ0) is 9.84. The van der Waals surface area contributed by atoms with Crippen molar-refractivity contribution >= 4 is 11.9 Å². The maximum Gasteiger partial charge on any atom is 0.308 e. The zero-order valence-electron chi connectivity index (χ0n) is 7.06. The molecule has 0 radical (unpaired) electrons. The quantitative estimate of drug-likeness (QED) is 0.657. The molecule has 0 aromatic carbocycles. The van der Waals surface area contributed by atoms with Crippen LogP contribution in [0.4, 0.5) is 0 Å². The fourth-order valence-electron chi connectivity index (χ4n) is 1.34. The molecule has 1 unspecified atom stereocenters. The average Bonchev–Trinajstić information content (AvgIpc) is 2.44. The highest BCUT2D eigenvalue weighted by molar-refractivity contribution is 5.86. The second-order valence-electron chi connectivity index (χ2n) is 2.99. The van der Waals surface area contributed by atoms with Crippen LogP contribution < -0.4 is 0 Å². The van der Waals surface area contributed by atoms with Crippen LogP contribution in [0.25, 0.3) is 0 Å². The number of aliphatic carboxylic acids is 1. The number of carboxylic acids is 1. The Balaban J connectivity index is 2.47. The lowest BCUT2D eigenvalue weighted by molar-refractivity contribution is -0.141. The van der Waals surface area contributed by atoms with E-state index in [1.165, 1.54) is 4.90 Å². The molecule has 70 valence electrons. The Kier molecular flexibility index (Phi) is 2.85. The molecule has 1 atom stereocenters. The molecule has 0 aromatic rings. The van der Waals surface area contributed by atoms with Crippen LogP contribution in [-0.4, -0.2) is 35.0 Å². The molecular formula is C8H10N2O3. The van der Waals surface area contributed by atoms with Crippen LogP contribution in [0.3, 0.4) is 0 Å². The Morgan fingerprint density at radius 2 is 2.46 bits per heavy atom. The highest BCUT2D eigenvalue weighted by atomic mass is 16.4. The van der Waals surface area contributed by atoms with E-state index in [4.69, 9.17) is 10.4 Å². The van der Waals surface area contributed by atoms with Crippen LogP contribution in [0.15, 0.2) is 0 Å². The molecule has 1 fully saturated rings. The van der Waals surface area contributed by atoms with Gasteiger partial charge in [0.2, 0.25) is 5.91 Å². The van der Waals surface area contributed by atoms with E-state index >= 15 is 0 Å². The Morgan fingerprint density at radius 1 is 1.77 bits per heavy atom. The Bertz CT molecular complexity index is 269. The molecule has 5 nitrogen and oxygen atoms in total. The average molecular weight is 182 g/mol. The molecule has 5 heteroatoms. The van der Waals surface area contributed by atoms with Crippen molar-refractivity contribution in [3.05, 3.63) is 0 Å². The molecule has 1 heterocycles. The van der Waals surface area contributed by atoms with E-state index in [9.17, 15) is 9.59 Å². The standard InChI is InChI=1S/C8H10N2O3/c9-2-1-3-10-5-6(8(12)13)4-7(10)11/h6H,1,3-5H2,(H,12,13). The first-order valence-corrected chi connectivity index (χ1v) is 4.02. The number of amides is 1. The third-order valence-corrected chi connectivity index (χ3v) is 2.06. The van der Waals surface area contributed by atoms with Gasteiger partial charge < -0.3 is 10.0 Å². The van der Waals surface area contributed by atoms with E-state index in [-0.39, 0.29) is 25.3 Å². The molecule has 0 bridgehead atoms. The minimum absolute atomic E-state index is 0.0702. The van der Waals surface area contributed by atoms with Gasteiger partial charge in [0.1, 0.15) is 0 Å². The number of nitrogens with zero attached hydrogens (tertiary/aromatic N) is 2. The third kappa shape index (κ3) is 2.18. The Hall–Kier alpha value is -1.57. The summed E-state index contributed by atoms with van der Waals surface area (Å²) in [6.07, 6.45) is 0.332. The fourth-order valence-corrected chi connectivity index (χ4v) is 1.34. The van der Waals surface area contributed by atoms with Crippen LogP contribution in [0.5, 0.6) is 0 Å². The lowest BCUT2D eigenvalue weighted by Crippen LogP contribution is -2.27. The van der Waals surface area contributed by atoms with Gasteiger partial charge in [0.25, 0.3) is 0 Å². The van der Waals surface area contributed by atoms with Gasteiger partial charge in [0.05, 0.1) is 18.4 Å². The maximum atomic E-state index is 11.1. The largest absolute Gasteiger partial charge is 0.481 e. The second kappa shape index (κ2) is 3.90. The van der Waals surface area contributed by atoms with Crippen LogP contribution in [0.2, 0.25) is 0 Å². The highest BCUT2D eigenvalue weighted by Gasteiger charge is 2.33. The van der Waals surface area contributed by atoms with Crippen molar-refractivity contribution in [2.75, 3.05) is 13.1 Å². The smallest absolute Gasteiger partial charge is 0.308 e. The first-order valence-electron chi connectivity index (χ1n) is 4.02. The topological polar surface area (TPSA) is 81.4 Å². The summed E-state index contributed by atoms with van der Waals surface area (Å²) in [6, 6.07) is 1.92. The summed E-state index contributed by atoms with van der Waals surface area (Å²) in [5.74, 6) is -1.69. The number of carbonyl (C=O) groups is 2. The zero-order valence-corrected chi connectivity index (χ0v) is 7.06. The number of hydrogen-bond acceptors (Lipinski definition) is 3. The Morgan fingerprint density at radius 3 is 2.92 bits per heavy atom. The monoisotopic (exact) mass is 182 g/mol. The van der Waals surface area contributed by atoms with Gasteiger partial charge in [-0.25, -0.2) is 0 Å². The number of carboxylic acid groups (broad SMARTS) is 1. The molecule has 1 saturated heterocycles. The molecule has 0 aromatic heterocycles. The van der Waals surface area contributed by atoms with Crippen molar-refractivity contribution in [3.63, 3.8) is 0 Å². The lowest BCUT2D eigenvalue weighted by Gasteiger charge is -2.12. The normalized spacial score (nSPS) is 21.6. The molecule has 0 aliphatic carbocycles. The van der Waals surface area contributed by atoms with Crippen LogP contribution >= 0.6 is 0 Å². The SMILES string of the molecule is N#CCCN1CC(C(=O)O)CC1=O. The molecule has 1 aliphatic rings. The molecule has 1 amide bonds. The molecule has 1 rings (SSSR count). The van der Waals surface area contributed by atoms with Crippen molar-refractivity contribution < 1.29 is 14.7 Å². The first-order chi connectivity index (χ1) is 6.15. The Labute approximate surface area is 75.6 Å². The lowest BCUT2D eigenvalue weighted by atomic mass is 10.1. The maximum absolute atomic E-state index is 11.1. The molecule has 0 saturated carbocycles. The number of rotatable bonds is 3. The molecular weight excluding hydrogens is 172 g/mol. The van der Waals surface area contributed by atoms with Crippen LogP contribution in [0, 0.1) is 17.2 Å². The van der Waals surface area contributed by atoms with Gasteiger partial charge in [0, 0.05) is 19.5 Å². The van der Waals surface area contributed by atoms with Crippen molar-refractivity contribution in [2.45, 2.75) is 12.8 Å². The predicted molar refractivity (Wildman–Crippen MR) is 42.6 cm³/mol. The van der Waals surface area contributed by atoms with Gasteiger partial charge in [-0.15, -0.1) is 0 Å². The van der Waals surface area contributed by atoms with E-state index in [0.717, 1.165) is 0 Å². The summed E-state index contributed by atoms with van der Waals surface area (Å²) in [6.45, 7) is 0.592. The summed E-state index contributed by atoms with van der Waals surface area (Å²) >= 11 is 0. The summed E-state index contributed by atoms with van der Waals surface area (Å²) in [5.41, 5.74) is 0. The van der Waals surface area contributed by atoms with Gasteiger partial charge in [-0.2, -0.15) is 5.26 Å². The van der Waals surface area contributed by atoms with E-state index in [0.29, 0.717) is 6.54 Å². The van der Waals surface area contributed by atoms with E-state index in [1.807, 2.05) is 6.07 Å². The number of nitriles is 1. The molecule has 0 spiro atoms. The molecule has 1 aliphatic heterocycles. The van der Waals surface area contributed by atoms with Gasteiger partial charge in [-0.3, -0.25) is 9.59 Å². The van der Waals surface area contributed by atoms with E-state index in [2.05, 4.69) is 0 Å². The van der Waals surface area contributed by atoms with E-state index < -0.39 is 11.9 Å². The fraction of sp³-hybridized carbons (Fsp3) is 0.625. The van der Waals surface area contributed by atoms with Gasteiger partial charge >= 0.3 is 5.97 Å². The third-order valence-electron chi connectivity index (χ3n) is 2.06. The summed E-state index contributed by atoms with van der Waals surface area (Å²) in [5, 5.41) is 16.9. The highest BCUT2D eigenvalue weighted by Crippen LogP contribution is 2.17. The van der Waals surface area contributed by atoms with Crippen molar-refractivity contribution in [2.24, 2.45) is 5.92 Å². The summed E-state index contributed by atoms with van der Waals surface area (Å²) in [7, 11) is 0. The summed E-state index contributed by atoms with van der Waals surface area (Å²) < 4.78 is 0. The minimum atomic E-state index is -0.937. The number of carbonyl (C=O) groups excluding carboxylic acids is 1. The molecule has 13 heavy (non-hydrogen) atoms. The number of hydrogen-bond donors (Lipinski definition) is 1. The minimum Gasteiger partial charge on any atom is -0.481 e. The predicted octanol–water partition coefficient (Wildman–Crippen LogP) is -0.167. The molecule has 1 N–H and O–H groups in total. The van der Waals surface area contributed by atoms with E-state index in [1.54, 1.807) is 0 Å².